The zero-order valence-electron chi connectivity index (χ0n) is 17.1. The third kappa shape index (κ3) is 4.54. The molecule has 1 aromatic carbocycles. The lowest BCUT2D eigenvalue weighted by Gasteiger charge is -2.40. The zero-order valence-corrected chi connectivity index (χ0v) is 17.1. The quantitative estimate of drug-likeness (QED) is 0.769. The van der Waals surface area contributed by atoms with Gasteiger partial charge in [-0.2, -0.15) is 0 Å². The summed E-state index contributed by atoms with van der Waals surface area (Å²) in [4.78, 5) is 12.1. The first-order valence-electron chi connectivity index (χ1n) is 10.4. The summed E-state index contributed by atoms with van der Waals surface area (Å²) in [6.07, 6.45) is 6.18. The topological polar surface area (TPSA) is 31.8 Å². The molecule has 5 heteroatoms. The van der Waals surface area contributed by atoms with Crippen LogP contribution in [0.2, 0.25) is 0 Å². The van der Waals surface area contributed by atoms with E-state index in [0.717, 1.165) is 25.3 Å². The van der Waals surface area contributed by atoms with E-state index in [0.29, 0.717) is 12.1 Å². The number of hydrogen-bond donors (Lipinski definition) is 0. The SMILES string of the molecule is COc1cccc(CN2CC[C@@H](N3CCN(C)CC3)[C@@H]2Cc2ccncc2)c1. The molecule has 0 radical (unpaired) electrons. The number of aromatic nitrogens is 1. The number of methoxy groups -OCH3 is 1. The van der Waals surface area contributed by atoms with Gasteiger partial charge in [-0.25, -0.2) is 0 Å². The summed E-state index contributed by atoms with van der Waals surface area (Å²) in [7, 11) is 3.97. The molecule has 0 N–H and O–H groups in total. The third-order valence-corrected chi connectivity index (χ3v) is 6.35. The van der Waals surface area contributed by atoms with Crippen LogP contribution in [0.3, 0.4) is 0 Å². The molecular weight excluding hydrogens is 348 g/mol. The Balaban J connectivity index is 1.52. The summed E-state index contributed by atoms with van der Waals surface area (Å²) in [5, 5.41) is 0. The molecule has 2 aliphatic heterocycles. The molecule has 150 valence electrons. The van der Waals surface area contributed by atoms with Crippen LogP contribution in [0.4, 0.5) is 0 Å². The predicted molar refractivity (Wildman–Crippen MR) is 113 cm³/mol. The van der Waals surface area contributed by atoms with Gasteiger partial charge >= 0.3 is 0 Å². The van der Waals surface area contributed by atoms with Crippen molar-refractivity contribution in [2.45, 2.75) is 31.5 Å². The maximum Gasteiger partial charge on any atom is 0.119 e. The molecule has 1 aromatic heterocycles. The minimum absolute atomic E-state index is 0.539. The number of rotatable bonds is 6. The van der Waals surface area contributed by atoms with Crippen LogP contribution in [-0.4, -0.2) is 78.6 Å². The highest BCUT2D eigenvalue weighted by Crippen LogP contribution is 2.29. The lowest BCUT2D eigenvalue weighted by atomic mass is 9.98. The largest absolute Gasteiger partial charge is 0.497 e. The van der Waals surface area contributed by atoms with Crippen LogP contribution in [-0.2, 0) is 13.0 Å². The molecule has 4 rings (SSSR count). The van der Waals surface area contributed by atoms with E-state index < -0.39 is 0 Å². The van der Waals surface area contributed by atoms with Crippen LogP contribution < -0.4 is 4.74 Å². The zero-order chi connectivity index (χ0) is 19.3. The van der Waals surface area contributed by atoms with Crippen LogP contribution in [0.25, 0.3) is 0 Å². The number of benzene rings is 1. The van der Waals surface area contributed by atoms with Gasteiger partial charge in [0.1, 0.15) is 5.75 Å². The smallest absolute Gasteiger partial charge is 0.119 e. The Kier molecular flexibility index (Phi) is 6.25. The van der Waals surface area contributed by atoms with Crippen molar-refractivity contribution in [1.82, 2.24) is 19.7 Å². The van der Waals surface area contributed by atoms with E-state index in [1.165, 1.54) is 43.7 Å². The number of likely N-dealkylation sites (N-methyl/N-ethyl adjacent to an activating group) is 1. The van der Waals surface area contributed by atoms with Crippen LogP contribution in [0.1, 0.15) is 17.5 Å². The monoisotopic (exact) mass is 380 g/mol. The van der Waals surface area contributed by atoms with E-state index in [4.69, 9.17) is 4.74 Å². The van der Waals surface area contributed by atoms with Gasteiger partial charge in [-0.3, -0.25) is 14.8 Å². The second-order valence-corrected chi connectivity index (χ2v) is 8.14. The van der Waals surface area contributed by atoms with Gasteiger partial charge in [0, 0.05) is 63.7 Å². The highest BCUT2D eigenvalue weighted by molar-refractivity contribution is 5.28. The first-order valence-corrected chi connectivity index (χ1v) is 10.4. The summed E-state index contributed by atoms with van der Waals surface area (Å²) < 4.78 is 5.43. The van der Waals surface area contributed by atoms with Gasteiger partial charge in [-0.05, 0) is 55.3 Å². The maximum absolute atomic E-state index is 5.43. The van der Waals surface area contributed by atoms with Crippen LogP contribution >= 0.6 is 0 Å². The second-order valence-electron chi connectivity index (χ2n) is 8.14. The van der Waals surface area contributed by atoms with Crippen molar-refractivity contribution in [3.05, 3.63) is 59.9 Å². The van der Waals surface area contributed by atoms with E-state index in [1.807, 2.05) is 18.5 Å². The van der Waals surface area contributed by atoms with E-state index in [2.05, 4.69) is 57.1 Å². The molecule has 2 atom stereocenters. The van der Waals surface area contributed by atoms with Gasteiger partial charge in [-0.1, -0.05) is 12.1 Å². The second kappa shape index (κ2) is 9.03. The molecule has 2 fully saturated rings. The Bertz CT molecular complexity index is 745. The number of hydrogen-bond acceptors (Lipinski definition) is 5. The summed E-state index contributed by atoms with van der Waals surface area (Å²) in [6, 6.07) is 14.0. The molecule has 2 aliphatic rings. The van der Waals surface area contributed by atoms with E-state index in [1.54, 1.807) is 7.11 Å². The van der Waals surface area contributed by atoms with Gasteiger partial charge < -0.3 is 9.64 Å². The fourth-order valence-corrected chi connectivity index (χ4v) is 4.71. The highest BCUT2D eigenvalue weighted by Gasteiger charge is 2.38. The molecule has 5 nitrogen and oxygen atoms in total. The number of likely N-dealkylation sites (tertiary alicyclic amines) is 1. The normalized spacial score (nSPS) is 24.5. The van der Waals surface area contributed by atoms with Gasteiger partial charge in [-0.15, -0.1) is 0 Å². The summed E-state index contributed by atoms with van der Waals surface area (Å²) >= 11 is 0. The van der Waals surface area contributed by atoms with Crippen LogP contribution in [0.15, 0.2) is 48.8 Å². The van der Waals surface area contributed by atoms with Crippen molar-refractivity contribution in [3.63, 3.8) is 0 Å². The van der Waals surface area contributed by atoms with Crippen molar-refractivity contribution < 1.29 is 4.74 Å². The molecule has 2 aromatic rings. The summed E-state index contributed by atoms with van der Waals surface area (Å²) in [6.45, 7) is 6.85. The van der Waals surface area contributed by atoms with E-state index >= 15 is 0 Å². The average molecular weight is 381 g/mol. The number of pyridine rings is 1. The highest BCUT2D eigenvalue weighted by atomic mass is 16.5. The molecule has 0 bridgehead atoms. The number of nitrogens with zero attached hydrogens (tertiary/aromatic N) is 4. The van der Waals surface area contributed by atoms with Gasteiger partial charge in [0.2, 0.25) is 0 Å². The minimum Gasteiger partial charge on any atom is -0.497 e. The van der Waals surface area contributed by atoms with Gasteiger partial charge in [0.05, 0.1) is 7.11 Å². The molecular formula is C23H32N4O. The fraction of sp³-hybridized carbons (Fsp3) is 0.522. The number of piperazine rings is 1. The Labute approximate surface area is 168 Å². The van der Waals surface area contributed by atoms with Crippen LogP contribution in [0, 0.1) is 0 Å². The predicted octanol–water partition coefficient (Wildman–Crippen LogP) is 2.52. The van der Waals surface area contributed by atoms with Crippen molar-refractivity contribution >= 4 is 0 Å². The van der Waals surface area contributed by atoms with Crippen molar-refractivity contribution in [2.24, 2.45) is 0 Å². The van der Waals surface area contributed by atoms with E-state index in [9.17, 15) is 0 Å². The van der Waals surface area contributed by atoms with Crippen LogP contribution in [0.5, 0.6) is 5.75 Å². The lowest BCUT2D eigenvalue weighted by Crippen LogP contribution is -2.53. The molecule has 0 spiro atoms. The molecule has 2 saturated heterocycles. The Morgan fingerprint density at radius 3 is 2.54 bits per heavy atom. The molecule has 0 saturated carbocycles. The Morgan fingerprint density at radius 1 is 1.00 bits per heavy atom. The van der Waals surface area contributed by atoms with Gasteiger partial charge in [0.15, 0.2) is 0 Å². The third-order valence-electron chi connectivity index (χ3n) is 6.35. The fourth-order valence-electron chi connectivity index (χ4n) is 4.71. The van der Waals surface area contributed by atoms with Crippen molar-refractivity contribution in [2.75, 3.05) is 46.9 Å². The maximum atomic E-state index is 5.43. The average Bonchev–Trinajstić information content (AvgIpc) is 3.11. The van der Waals surface area contributed by atoms with Crippen molar-refractivity contribution in [3.8, 4) is 5.75 Å². The number of ether oxygens (including phenoxy) is 1. The van der Waals surface area contributed by atoms with Crippen molar-refractivity contribution in [1.29, 1.82) is 0 Å². The first-order chi connectivity index (χ1) is 13.7. The Hall–Kier alpha value is -1.95. The lowest BCUT2D eigenvalue weighted by molar-refractivity contribution is 0.0850. The standard InChI is InChI=1S/C23H32N4O/c1-25-12-14-26(15-13-25)22-8-11-27(18-20-4-3-5-21(16-20)28-2)23(22)17-19-6-9-24-10-7-19/h3-7,9-10,16,22-23H,8,11-15,17-18H2,1-2H3/t22-,23+/m1/s1. The van der Waals surface area contributed by atoms with Gasteiger partial charge in [0.25, 0.3) is 0 Å². The van der Waals surface area contributed by atoms with E-state index in [-0.39, 0.29) is 0 Å². The molecule has 0 unspecified atom stereocenters. The molecule has 28 heavy (non-hydrogen) atoms. The molecule has 0 amide bonds. The first kappa shape index (κ1) is 19.4. The minimum atomic E-state index is 0.539. The molecule has 0 aliphatic carbocycles. The molecule has 3 heterocycles. The Morgan fingerprint density at radius 2 is 1.79 bits per heavy atom. The summed E-state index contributed by atoms with van der Waals surface area (Å²) in [5.41, 5.74) is 2.72. The summed E-state index contributed by atoms with van der Waals surface area (Å²) in [5.74, 6) is 0.943.